The van der Waals surface area contributed by atoms with Crippen LogP contribution in [0.2, 0.25) is 0 Å². The summed E-state index contributed by atoms with van der Waals surface area (Å²) in [6, 6.07) is 7.82. The Morgan fingerprint density at radius 3 is 2.67 bits per heavy atom. The molecule has 2 fully saturated rings. The molecule has 1 amide bonds. The average Bonchev–Trinajstić information content (AvgIpc) is 3.21. The lowest BCUT2D eigenvalue weighted by molar-refractivity contribution is -0.138. The number of likely N-dealkylation sites (tertiary alicyclic amines) is 1. The van der Waals surface area contributed by atoms with E-state index in [1.165, 1.54) is 11.1 Å². The summed E-state index contributed by atoms with van der Waals surface area (Å²) >= 11 is 0. The van der Waals surface area contributed by atoms with E-state index in [0.717, 1.165) is 6.42 Å². The highest BCUT2D eigenvalue weighted by Gasteiger charge is 2.48. The number of hydrogen-bond acceptors (Lipinski definition) is 4. The molecule has 1 aliphatic heterocycles. The lowest BCUT2D eigenvalue weighted by Crippen LogP contribution is -2.43. The molecule has 1 saturated heterocycles. The van der Waals surface area contributed by atoms with Gasteiger partial charge >= 0.3 is 5.97 Å². The van der Waals surface area contributed by atoms with E-state index < -0.39 is 12.1 Å². The molecule has 0 unspecified atom stereocenters. The lowest BCUT2D eigenvalue weighted by Gasteiger charge is -2.24. The van der Waals surface area contributed by atoms with Gasteiger partial charge in [0.2, 0.25) is 5.91 Å². The van der Waals surface area contributed by atoms with E-state index in [1.54, 1.807) is 16.8 Å². The molecule has 1 heterocycles. The zero-order valence-corrected chi connectivity index (χ0v) is 14.1. The third-order valence-electron chi connectivity index (χ3n) is 5.22. The third-order valence-corrected chi connectivity index (χ3v) is 5.22. The number of benzene rings is 1. The number of aliphatic carboxylic acids is 1. The summed E-state index contributed by atoms with van der Waals surface area (Å²) < 4.78 is 0. The molecular formula is C18H24N2O4. The molecule has 2 N–H and O–H groups in total. The second-order valence-electron chi connectivity index (χ2n) is 6.99. The van der Waals surface area contributed by atoms with E-state index in [1.807, 2.05) is 12.1 Å². The Balaban J connectivity index is 1.61. The van der Waals surface area contributed by atoms with Crippen LogP contribution in [0.3, 0.4) is 0 Å². The standard InChI is InChI=1S/C18H24N2O4/c1-11-5-3-4-6-12(11)13-7-14(13)18(24)20-8-15(16(21)9-20)19(2)10-17(22)23/h3-6,13-16,21H,7-10H2,1-2H3,(H,22,23)/t13-,14+,15+,16+/m0/s1. The van der Waals surface area contributed by atoms with Crippen LogP contribution in [0.4, 0.5) is 0 Å². The van der Waals surface area contributed by atoms with E-state index in [9.17, 15) is 14.7 Å². The monoisotopic (exact) mass is 332 g/mol. The lowest BCUT2D eigenvalue weighted by atomic mass is 10.0. The van der Waals surface area contributed by atoms with Gasteiger partial charge in [-0.05, 0) is 37.4 Å². The highest BCUT2D eigenvalue weighted by atomic mass is 16.4. The summed E-state index contributed by atoms with van der Waals surface area (Å²) in [4.78, 5) is 26.8. The minimum absolute atomic E-state index is 0.0122. The molecule has 1 aromatic rings. The van der Waals surface area contributed by atoms with Gasteiger partial charge in [0.25, 0.3) is 0 Å². The van der Waals surface area contributed by atoms with Gasteiger partial charge < -0.3 is 15.1 Å². The number of carbonyl (C=O) groups excluding carboxylic acids is 1. The zero-order chi connectivity index (χ0) is 17.4. The largest absolute Gasteiger partial charge is 0.480 e. The molecule has 6 heteroatoms. The SMILES string of the molecule is Cc1ccccc1[C@@H]1C[C@H]1C(=O)N1C[C@@H](O)[C@H](N(C)CC(=O)O)C1. The maximum absolute atomic E-state index is 12.7. The van der Waals surface area contributed by atoms with Crippen LogP contribution < -0.4 is 0 Å². The molecular weight excluding hydrogens is 308 g/mol. The first-order valence-electron chi connectivity index (χ1n) is 8.33. The number of carboxylic acid groups (broad SMARTS) is 1. The van der Waals surface area contributed by atoms with Crippen molar-refractivity contribution in [1.82, 2.24) is 9.80 Å². The molecule has 1 aromatic carbocycles. The summed E-state index contributed by atoms with van der Waals surface area (Å²) in [7, 11) is 1.67. The van der Waals surface area contributed by atoms with Crippen LogP contribution in [0.15, 0.2) is 24.3 Å². The fourth-order valence-corrected chi connectivity index (χ4v) is 3.76. The Bertz CT molecular complexity index is 648. The number of β-amino-alcohol motifs (C(OH)–C–C–N with tert-alkyl or cyclic N) is 1. The van der Waals surface area contributed by atoms with Gasteiger partial charge in [-0.3, -0.25) is 14.5 Å². The summed E-state index contributed by atoms with van der Waals surface area (Å²) in [5.74, 6) is -0.599. The molecule has 0 spiro atoms. The molecule has 4 atom stereocenters. The summed E-state index contributed by atoms with van der Waals surface area (Å²) in [6.45, 7) is 2.59. The Morgan fingerprint density at radius 1 is 1.29 bits per heavy atom. The minimum atomic E-state index is -0.934. The Morgan fingerprint density at radius 2 is 2.00 bits per heavy atom. The van der Waals surface area contributed by atoms with Crippen LogP contribution >= 0.6 is 0 Å². The number of carboxylic acids is 1. The number of aliphatic hydroxyl groups is 1. The molecule has 3 rings (SSSR count). The van der Waals surface area contributed by atoms with E-state index in [-0.39, 0.29) is 36.9 Å². The quantitative estimate of drug-likeness (QED) is 0.829. The van der Waals surface area contributed by atoms with Crippen molar-refractivity contribution in [2.24, 2.45) is 5.92 Å². The molecule has 0 aromatic heterocycles. The van der Waals surface area contributed by atoms with Crippen LogP contribution in [0.1, 0.15) is 23.5 Å². The minimum Gasteiger partial charge on any atom is -0.480 e. The highest BCUT2D eigenvalue weighted by molar-refractivity contribution is 5.83. The maximum Gasteiger partial charge on any atom is 0.317 e. The fourth-order valence-electron chi connectivity index (χ4n) is 3.76. The van der Waals surface area contributed by atoms with Gasteiger partial charge in [0, 0.05) is 19.0 Å². The van der Waals surface area contributed by atoms with Crippen LogP contribution in [-0.4, -0.2) is 70.7 Å². The average molecular weight is 332 g/mol. The van der Waals surface area contributed by atoms with Gasteiger partial charge in [-0.1, -0.05) is 24.3 Å². The molecule has 0 bridgehead atoms. The van der Waals surface area contributed by atoms with E-state index in [4.69, 9.17) is 5.11 Å². The number of likely N-dealkylation sites (N-methyl/N-ethyl adjacent to an activating group) is 1. The number of aryl methyl sites for hydroxylation is 1. The van der Waals surface area contributed by atoms with Gasteiger partial charge in [-0.25, -0.2) is 0 Å². The smallest absolute Gasteiger partial charge is 0.317 e. The van der Waals surface area contributed by atoms with Crippen molar-refractivity contribution in [2.75, 3.05) is 26.7 Å². The molecule has 6 nitrogen and oxygen atoms in total. The zero-order valence-electron chi connectivity index (χ0n) is 14.1. The number of rotatable bonds is 5. The first-order valence-corrected chi connectivity index (χ1v) is 8.33. The second kappa shape index (κ2) is 6.53. The molecule has 130 valence electrons. The van der Waals surface area contributed by atoms with Gasteiger partial charge in [0.15, 0.2) is 0 Å². The van der Waals surface area contributed by atoms with Crippen LogP contribution in [0.5, 0.6) is 0 Å². The number of amides is 1. The van der Waals surface area contributed by atoms with Crippen LogP contribution in [-0.2, 0) is 9.59 Å². The number of hydrogen-bond donors (Lipinski definition) is 2. The molecule has 0 radical (unpaired) electrons. The van der Waals surface area contributed by atoms with Gasteiger partial charge in [-0.15, -0.1) is 0 Å². The summed E-state index contributed by atoms with van der Waals surface area (Å²) in [6.07, 6.45) is 0.153. The summed E-state index contributed by atoms with van der Waals surface area (Å²) in [5.41, 5.74) is 2.44. The molecule has 24 heavy (non-hydrogen) atoms. The van der Waals surface area contributed by atoms with E-state index in [2.05, 4.69) is 19.1 Å². The summed E-state index contributed by atoms with van der Waals surface area (Å²) in [5, 5.41) is 19.1. The molecule has 2 aliphatic rings. The number of carbonyl (C=O) groups is 2. The predicted octanol–water partition coefficient (Wildman–Crippen LogP) is 0.687. The van der Waals surface area contributed by atoms with Crippen molar-refractivity contribution in [3.8, 4) is 0 Å². The number of nitrogens with zero attached hydrogens (tertiary/aromatic N) is 2. The van der Waals surface area contributed by atoms with Crippen molar-refractivity contribution in [1.29, 1.82) is 0 Å². The molecule has 1 aliphatic carbocycles. The Kier molecular flexibility index (Phi) is 4.60. The maximum atomic E-state index is 12.7. The van der Waals surface area contributed by atoms with E-state index >= 15 is 0 Å². The second-order valence-corrected chi connectivity index (χ2v) is 6.99. The first-order chi connectivity index (χ1) is 11.4. The van der Waals surface area contributed by atoms with Gasteiger partial charge in [-0.2, -0.15) is 0 Å². The van der Waals surface area contributed by atoms with Crippen molar-refractivity contribution in [2.45, 2.75) is 31.4 Å². The van der Waals surface area contributed by atoms with Crippen molar-refractivity contribution < 1.29 is 19.8 Å². The fraction of sp³-hybridized carbons (Fsp3) is 0.556. The van der Waals surface area contributed by atoms with Gasteiger partial charge in [0.05, 0.1) is 18.7 Å². The number of aliphatic hydroxyl groups excluding tert-OH is 1. The van der Waals surface area contributed by atoms with Crippen LogP contribution in [0, 0.1) is 12.8 Å². The van der Waals surface area contributed by atoms with Crippen molar-refractivity contribution in [3.05, 3.63) is 35.4 Å². The normalized spacial score (nSPS) is 29.1. The Labute approximate surface area is 141 Å². The predicted molar refractivity (Wildman–Crippen MR) is 88.7 cm³/mol. The highest BCUT2D eigenvalue weighted by Crippen LogP contribution is 2.49. The van der Waals surface area contributed by atoms with Crippen molar-refractivity contribution in [3.63, 3.8) is 0 Å². The topological polar surface area (TPSA) is 81.1 Å². The van der Waals surface area contributed by atoms with Crippen LogP contribution in [0.25, 0.3) is 0 Å². The Hall–Kier alpha value is -1.92. The van der Waals surface area contributed by atoms with E-state index in [0.29, 0.717) is 6.54 Å². The van der Waals surface area contributed by atoms with Crippen molar-refractivity contribution >= 4 is 11.9 Å². The third kappa shape index (κ3) is 3.30. The van der Waals surface area contributed by atoms with Gasteiger partial charge in [0.1, 0.15) is 0 Å². The first kappa shape index (κ1) is 16.9. The molecule has 1 saturated carbocycles.